The van der Waals surface area contributed by atoms with E-state index in [4.69, 9.17) is 0 Å². The lowest BCUT2D eigenvalue weighted by molar-refractivity contribution is 0.0697. The fourth-order valence-electron chi connectivity index (χ4n) is 3.70. The molecule has 2 atom stereocenters. The highest BCUT2D eigenvalue weighted by molar-refractivity contribution is 5.89. The molecule has 0 radical (unpaired) electrons. The largest absolute Gasteiger partial charge is 0.478 e. The summed E-state index contributed by atoms with van der Waals surface area (Å²) in [6, 6.07) is 17.6. The van der Waals surface area contributed by atoms with Gasteiger partial charge in [-0.1, -0.05) is 42.5 Å². The van der Waals surface area contributed by atoms with Crippen LogP contribution in [0.15, 0.2) is 60.8 Å². The number of carbonyl (C=O) groups is 1. The fraction of sp³-hybridized carbons (Fsp3) is 0.238. The zero-order valence-electron chi connectivity index (χ0n) is 14.4. The molecule has 1 aromatic heterocycles. The summed E-state index contributed by atoms with van der Waals surface area (Å²) in [5.74, 6) is 0.341. The molecule has 3 N–H and O–H groups in total. The van der Waals surface area contributed by atoms with Crippen LogP contribution in [0.4, 0.5) is 0 Å². The second kappa shape index (κ2) is 7.14. The summed E-state index contributed by atoms with van der Waals surface area (Å²) < 4.78 is 0. The molecule has 132 valence electrons. The van der Waals surface area contributed by atoms with Gasteiger partial charge in [-0.25, -0.2) is 9.78 Å². The number of aromatic nitrogens is 2. The number of benzene rings is 2. The third-order valence-electron chi connectivity index (χ3n) is 5.00. The molecule has 0 aliphatic carbocycles. The minimum absolute atomic E-state index is 0.127. The van der Waals surface area contributed by atoms with Crippen molar-refractivity contribution >= 4 is 5.97 Å². The number of piperidine rings is 1. The van der Waals surface area contributed by atoms with Crippen molar-refractivity contribution < 1.29 is 9.90 Å². The summed E-state index contributed by atoms with van der Waals surface area (Å²) in [5.41, 5.74) is 3.25. The van der Waals surface area contributed by atoms with Crippen molar-refractivity contribution in [3.05, 3.63) is 77.7 Å². The van der Waals surface area contributed by atoms with E-state index >= 15 is 0 Å². The molecule has 2 aromatic carbocycles. The molecule has 4 rings (SSSR count). The van der Waals surface area contributed by atoms with E-state index in [1.807, 2.05) is 12.1 Å². The molecule has 0 bridgehead atoms. The second-order valence-electron chi connectivity index (χ2n) is 6.66. The van der Waals surface area contributed by atoms with Crippen LogP contribution in [-0.4, -0.2) is 27.6 Å². The van der Waals surface area contributed by atoms with Gasteiger partial charge in [0, 0.05) is 11.5 Å². The van der Waals surface area contributed by atoms with E-state index in [1.165, 1.54) is 5.56 Å². The summed E-state index contributed by atoms with van der Waals surface area (Å²) in [6.45, 7) is 0.971. The number of H-pyrrole nitrogens is 1. The number of rotatable bonds is 4. The van der Waals surface area contributed by atoms with Gasteiger partial charge >= 0.3 is 5.97 Å². The first-order chi connectivity index (χ1) is 12.7. The Balaban J connectivity index is 1.64. The zero-order valence-corrected chi connectivity index (χ0v) is 14.4. The Bertz CT molecular complexity index is 904. The van der Waals surface area contributed by atoms with Gasteiger partial charge in [-0.15, -0.1) is 0 Å². The van der Waals surface area contributed by atoms with Gasteiger partial charge in [0.05, 0.1) is 23.5 Å². The van der Waals surface area contributed by atoms with Crippen molar-refractivity contribution in [2.45, 2.75) is 24.8 Å². The molecule has 5 heteroatoms. The van der Waals surface area contributed by atoms with Gasteiger partial charge in [0.15, 0.2) is 0 Å². The summed E-state index contributed by atoms with van der Waals surface area (Å²) in [6.07, 6.45) is 4.05. The van der Waals surface area contributed by atoms with Gasteiger partial charge in [-0.2, -0.15) is 0 Å². The highest BCUT2D eigenvalue weighted by Crippen LogP contribution is 2.36. The molecule has 0 saturated carbocycles. The minimum Gasteiger partial charge on any atom is -0.478 e. The molecule has 0 spiro atoms. The van der Waals surface area contributed by atoms with Gasteiger partial charge < -0.3 is 15.4 Å². The van der Waals surface area contributed by atoms with Crippen LogP contribution in [0.3, 0.4) is 0 Å². The summed E-state index contributed by atoms with van der Waals surface area (Å²) >= 11 is 0. The highest BCUT2D eigenvalue weighted by Gasteiger charge is 2.29. The number of carboxylic acid groups (broad SMARTS) is 1. The number of nitrogens with zero attached hydrogens (tertiary/aromatic N) is 1. The van der Waals surface area contributed by atoms with Gasteiger partial charge in [0.2, 0.25) is 0 Å². The third kappa shape index (κ3) is 3.26. The number of nitrogens with one attached hydrogen (secondary N) is 2. The Hall–Kier alpha value is -2.92. The van der Waals surface area contributed by atoms with E-state index in [9.17, 15) is 9.90 Å². The smallest absolute Gasteiger partial charge is 0.335 e. The van der Waals surface area contributed by atoms with Crippen LogP contribution in [-0.2, 0) is 0 Å². The highest BCUT2D eigenvalue weighted by atomic mass is 16.4. The van der Waals surface area contributed by atoms with Crippen LogP contribution in [0, 0.1) is 0 Å². The van der Waals surface area contributed by atoms with Crippen molar-refractivity contribution in [3.8, 4) is 11.3 Å². The van der Waals surface area contributed by atoms with E-state index in [1.54, 1.807) is 24.4 Å². The lowest BCUT2D eigenvalue weighted by Crippen LogP contribution is -2.33. The van der Waals surface area contributed by atoms with E-state index in [-0.39, 0.29) is 11.6 Å². The van der Waals surface area contributed by atoms with E-state index in [0.717, 1.165) is 36.5 Å². The maximum Gasteiger partial charge on any atom is 0.335 e. The Morgan fingerprint density at radius 3 is 2.77 bits per heavy atom. The van der Waals surface area contributed by atoms with Crippen molar-refractivity contribution in [1.82, 2.24) is 15.3 Å². The number of hydrogen-bond acceptors (Lipinski definition) is 3. The van der Waals surface area contributed by atoms with Crippen molar-refractivity contribution in [2.75, 3.05) is 6.54 Å². The lowest BCUT2D eigenvalue weighted by Gasteiger charge is -2.31. The second-order valence-corrected chi connectivity index (χ2v) is 6.66. The average molecular weight is 347 g/mol. The van der Waals surface area contributed by atoms with Gasteiger partial charge in [-0.05, 0) is 37.1 Å². The van der Waals surface area contributed by atoms with E-state index in [0.29, 0.717) is 5.92 Å². The monoisotopic (exact) mass is 347 g/mol. The van der Waals surface area contributed by atoms with E-state index < -0.39 is 5.97 Å². The number of carboxylic acids is 1. The Morgan fingerprint density at radius 2 is 1.96 bits per heavy atom. The molecule has 0 amide bonds. The Kier molecular flexibility index (Phi) is 4.54. The SMILES string of the molecule is O=C(O)c1cccc(-c2cnc([C@H]3NCCC[C@H]3c3ccccc3)[nH]2)c1. The first kappa shape index (κ1) is 16.5. The quantitative estimate of drug-likeness (QED) is 0.667. The van der Waals surface area contributed by atoms with Crippen molar-refractivity contribution in [2.24, 2.45) is 0 Å². The van der Waals surface area contributed by atoms with E-state index in [2.05, 4.69) is 39.6 Å². The molecule has 2 heterocycles. The van der Waals surface area contributed by atoms with Crippen LogP contribution < -0.4 is 5.32 Å². The van der Waals surface area contributed by atoms with Gasteiger partial charge in [0.1, 0.15) is 5.82 Å². The Labute approximate surface area is 152 Å². The molecule has 0 unspecified atom stereocenters. The van der Waals surface area contributed by atoms with Crippen molar-refractivity contribution in [1.29, 1.82) is 0 Å². The van der Waals surface area contributed by atoms with Crippen molar-refractivity contribution in [3.63, 3.8) is 0 Å². The maximum atomic E-state index is 11.2. The van der Waals surface area contributed by atoms with Crippen LogP contribution in [0.25, 0.3) is 11.3 Å². The third-order valence-corrected chi connectivity index (χ3v) is 5.00. The molecular weight excluding hydrogens is 326 g/mol. The number of imidazole rings is 1. The maximum absolute atomic E-state index is 11.2. The molecular formula is C21H21N3O2. The summed E-state index contributed by atoms with van der Waals surface area (Å²) in [7, 11) is 0. The zero-order chi connectivity index (χ0) is 17.9. The molecule has 1 aliphatic rings. The summed E-state index contributed by atoms with van der Waals surface area (Å²) in [5, 5.41) is 12.8. The van der Waals surface area contributed by atoms with Gasteiger partial charge in [0.25, 0.3) is 0 Å². The molecule has 5 nitrogen and oxygen atoms in total. The molecule has 26 heavy (non-hydrogen) atoms. The topological polar surface area (TPSA) is 78.0 Å². The standard InChI is InChI=1S/C21H21N3O2/c25-21(26)16-9-4-8-15(12-16)18-13-23-20(24-18)19-17(10-5-11-22-19)14-6-2-1-3-7-14/h1-4,6-9,12-13,17,19,22H,5,10-11H2,(H,23,24)(H,25,26)/t17-,19-/m0/s1. The fourth-order valence-corrected chi connectivity index (χ4v) is 3.70. The molecule has 1 fully saturated rings. The van der Waals surface area contributed by atoms with Crippen LogP contribution in [0.5, 0.6) is 0 Å². The normalized spacial score (nSPS) is 20.0. The first-order valence-corrected chi connectivity index (χ1v) is 8.89. The average Bonchev–Trinajstić information content (AvgIpc) is 3.19. The first-order valence-electron chi connectivity index (χ1n) is 8.89. The predicted molar refractivity (Wildman–Crippen MR) is 100 cm³/mol. The summed E-state index contributed by atoms with van der Waals surface area (Å²) in [4.78, 5) is 19.2. The van der Waals surface area contributed by atoms with Crippen LogP contribution in [0.1, 0.15) is 46.5 Å². The predicted octanol–water partition coefficient (Wildman–Crippen LogP) is 3.98. The lowest BCUT2D eigenvalue weighted by atomic mass is 9.84. The molecule has 1 aliphatic heterocycles. The van der Waals surface area contributed by atoms with Crippen LogP contribution in [0.2, 0.25) is 0 Å². The number of hydrogen-bond donors (Lipinski definition) is 3. The molecule has 3 aromatic rings. The molecule has 1 saturated heterocycles. The van der Waals surface area contributed by atoms with Crippen LogP contribution >= 0.6 is 0 Å². The minimum atomic E-state index is -0.926. The number of aromatic amines is 1. The van der Waals surface area contributed by atoms with Gasteiger partial charge in [-0.3, -0.25) is 0 Å². The number of aromatic carboxylic acids is 1. The Morgan fingerprint density at radius 1 is 1.12 bits per heavy atom.